The Labute approximate surface area is 120 Å². The van der Waals surface area contributed by atoms with E-state index in [1.807, 2.05) is 0 Å². The van der Waals surface area contributed by atoms with Gasteiger partial charge in [0.2, 0.25) is 0 Å². The minimum absolute atomic E-state index is 0.192. The molecule has 3 atom stereocenters. The van der Waals surface area contributed by atoms with Crippen molar-refractivity contribution in [2.75, 3.05) is 6.61 Å². The third-order valence-electron chi connectivity index (χ3n) is 5.36. The van der Waals surface area contributed by atoms with E-state index in [1.54, 1.807) is 0 Å². The standard InChI is InChI=1S/C17H25NO2/c1-17(2)9-14-12(15(19)10-17)5-7-18(14)13-6-8-20-16(13)11-3-4-11/h5,7,11,13,15-16,19H,3-4,6,8-10H2,1-2H3. The monoisotopic (exact) mass is 275 g/mol. The maximum Gasteiger partial charge on any atom is 0.0812 e. The van der Waals surface area contributed by atoms with Crippen LogP contribution < -0.4 is 0 Å². The number of hydrogen-bond acceptors (Lipinski definition) is 2. The zero-order chi connectivity index (χ0) is 13.9. The fourth-order valence-corrected chi connectivity index (χ4v) is 4.23. The smallest absolute Gasteiger partial charge is 0.0812 e. The van der Waals surface area contributed by atoms with Gasteiger partial charge in [0.25, 0.3) is 0 Å². The highest BCUT2D eigenvalue weighted by Crippen LogP contribution is 2.47. The molecule has 2 aliphatic carbocycles. The molecule has 1 aliphatic heterocycles. The van der Waals surface area contributed by atoms with Crippen LogP contribution in [0.3, 0.4) is 0 Å². The lowest BCUT2D eigenvalue weighted by molar-refractivity contribution is 0.0713. The largest absolute Gasteiger partial charge is 0.388 e. The first-order chi connectivity index (χ1) is 9.55. The molecule has 2 fully saturated rings. The van der Waals surface area contributed by atoms with Gasteiger partial charge in [0.15, 0.2) is 0 Å². The van der Waals surface area contributed by atoms with Crippen LogP contribution >= 0.6 is 0 Å². The first kappa shape index (κ1) is 12.9. The van der Waals surface area contributed by atoms with Gasteiger partial charge < -0.3 is 14.4 Å². The number of ether oxygens (including phenoxy) is 1. The van der Waals surface area contributed by atoms with Crippen LogP contribution in [0.2, 0.25) is 0 Å². The van der Waals surface area contributed by atoms with Crippen LogP contribution in [0, 0.1) is 11.3 Å². The highest BCUT2D eigenvalue weighted by molar-refractivity contribution is 5.30. The number of nitrogens with zero attached hydrogens (tertiary/aromatic N) is 1. The second-order valence-electron chi connectivity index (χ2n) is 7.71. The molecule has 0 bridgehead atoms. The van der Waals surface area contributed by atoms with Crippen molar-refractivity contribution in [3.8, 4) is 0 Å². The Morgan fingerprint density at radius 1 is 1.30 bits per heavy atom. The molecule has 1 N–H and O–H groups in total. The zero-order valence-electron chi connectivity index (χ0n) is 12.5. The minimum Gasteiger partial charge on any atom is -0.388 e. The molecule has 0 amide bonds. The zero-order valence-corrected chi connectivity index (χ0v) is 12.5. The molecule has 0 radical (unpaired) electrons. The maximum absolute atomic E-state index is 10.4. The van der Waals surface area contributed by atoms with Gasteiger partial charge in [-0.25, -0.2) is 0 Å². The summed E-state index contributed by atoms with van der Waals surface area (Å²) in [6.45, 7) is 5.42. The SMILES string of the molecule is CC1(C)Cc2c(ccn2C2CCOC2C2CC2)C(O)C1. The predicted molar refractivity (Wildman–Crippen MR) is 77.6 cm³/mol. The topological polar surface area (TPSA) is 34.4 Å². The normalized spacial score (nSPS) is 36.0. The van der Waals surface area contributed by atoms with Gasteiger partial charge in [0.1, 0.15) is 0 Å². The van der Waals surface area contributed by atoms with Crippen molar-refractivity contribution in [2.45, 2.75) is 64.2 Å². The molecule has 110 valence electrons. The van der Waals surface area contributed by atoms with Gasteiger partial charge in [-0.05, 0) is 49.5 Å². The highest BCUT2D eigenvalue weighted by atomic mass is 16.5. The van der Waals surface area contributed by atoms with E-state index in [0.717, 1.165) is 37.4 Å². The Kier molecular flexibility index (Phi) is 2.80. The summed E-state index contributed by atoms with van der Waals surface area (Å²) in [6, 6.07) is 2.63. The lowest BCUT2D eigenvalue weighted by Gasteiger charge is -2.35. The summed E-state index contributed by atoms with van der Waals surface area (Å²) >= 11 is 0. The van der Waals surface area contributed by atoms with Crippen molar-refractivity contribution in [1.82, 2.24) is 4.57 Å². The molecule has 0 aromatic carbocycles. The van der Waals surface area contributed by atoms with E-state index in [0.29, 0.717) is 12.1 Å². The van der Waals surface area contributed by atoms with Gasteiger partial charge >= 0.3 is 0 Å². The molecular weight excluding hydrogens is 250 g/mol. The summed E-state index contributed by atoms with van der Waals surface area (Å²) in [5.41, 5.74) is 2.71. The third kappa shape index (κ3) is 2.03. The molecule has 2 heterocycles. The Balaban J connectivity index is 1.69. The van der Waals surface area contributed by atoms with Gasteiger partial charge in [0.05, 0.1) is 18.2 Å². The van der Waals surface area contributed by atoms with Crippen molar-refractivity contribution in [3.05, 3.63) is 23.5 Å². The summed E-state index contributed by atoms with van der Waals surface area (Å²) < 4.78 is 8.44. The Morgan fingerprint density at radius 3 is 2.85 bits per heavy atom. The highest BCUT2D eigenvalue weighted by Gasteiger charge is 2.43. The van der Waals surface area contributed by atoms with Gasteiger partial charge in [0, 0.05) is 24.1 Å². The quantitative estimate of drug-likeness (QED) is 0.899. The molecule has 1 saturated carbocycles. The van der Waals surface area contributed by atoms with Crippen LogP contribution in [0.5, 0.6) is 0 Å². The molecule has 3 nitrogen and oxygen atoms in total. The molecule has 3 unspecified atom stereocenters. The Bertz CT molecular complexity index is 515. The number of hydrogen-bond donors (Lipinski definition) is 1. The fourth-order valence-electron chi connectivity index (χ4n) is 4.23. The van der Waals surface area contributed by atoms with E-state index in [-0.39, 0.29) is 11.5 Å². The molecule has 1 aromatic heterocycles. The first-order valence-electron chi connectivity index (χ1n) is 8.04. The minimum atomic E-state index is -0.295. The summed E-state index contributed by atoms with van der Waals surface area (Å²) in [7, 11) is 0. The van der Waals surface area contributed by atoms with Crippen molar-refractivity contribution in [1.29, 1.82) is 0 Å². The lowest BCUT2D eigenvalue weighted by Crippen LogP contribution is -2.29. The average Bonchev–Trinajstić information content (AvgIpc) is 2.95. The molecule has 0 spiro atoms. The molecule has 1 aromatic rings. The molecule has 1 saturated heterocycles. The number of aliphatic hydroxyl groups excluding tert-OH is 1. The lowest BCUT2D eigenvalue weighted by atomic mass is 9.75. The molecular formula is C17H25NO2. The Hall–Kier alpha value is -0.800. The van der Waals surface area contributed by atoms with E-state index in [9.17, 15) is 5.11 Å². The second kappa shape index (κ2) is 4.35. The van der Waals surface area contributed by atoms with Crippen molar-refractivity contribution in [2.24, 2.45) is 11.3 Å². The maximum atomic E-state index is 10.4. The van der Waals surface area contributed by atoms with Gasteiger partial charge in [-0.1, -0.05) is 13.8 Å². The summed E-state index contributed by atoms with van der Waals surface area (Å²) in [4.78, 5) is 0. The van der Waals surface area contributed by atoms with Gasteiger partial charge in [-0.15, -0.1) is 0 Å². The summed E-state index contributed by atoms with van der Waals surface area (Å²) in [5.74, 6) is 0.780. The van der Waals surface area contributed by atoms with E-state index >= 15 is 0 Å². The molecule has 4 rings (SSSR count). The number of aromatic nitrogens is 1. The fraction of sp³-hybridized carbons (Fsp3) is 0.765. The van der Waals surface area contributed by atoms with Crippen molar-refractivity contribution >= 4 is 0 Å². The van der Waals surface area contributed by atoms with E-state index < -0.39 is 0 Å². The second-order valence-corrected chi connectivity index (χ2v) is 7.71. The van der Waals surface area contributed by atoms with Crippen molar-refractivity contribution in [3.63, 3.8) is 0 Å². The van der Waals surface area contributed by atoms with E-state index in [4.69, 9.17) is 4.74 Å². The summed E-state index contributed by atoms with van der Waals surface area (Å²) in [5, 5.41) is 10.4. The van der Waals surface area contributed by atoms with Crippen LogP contribution in [-0.2, 0) is 11.2 Å². The first-order valence-corrected chi connectivity index (χ1v) is 8.04. The Morgan fingerprint density at radius 2 is 2.10 bits per heavy atom. The number of fused-ring (bicyclic) bond motifs is 1. The van der Waals surface area contributed by atoms with Crippen LogP contribution in [0.4, 0.5) is 0 Å². The number of rotatable bonds is 2. The predicted octanol–water partition coefficient (Wildman–Crippen LogP) is 3.23. The molecule has 20 heavy (non-hydrogen) atoms. The van der Waals surface area contributed by atoms with E-state index in [2.05, 4.69) is 30.7 Å². The third-order valence-corrected chi connectivity index (χ3v) is 5.36. The van der Waals surface area contributed by atoms with Crippen LogP contribution in [0.15, 0.2) is 12.3 Å². The summed E-state index contributed by atoms with van der Waals surface area (Å²) in [6.07, 6.45) is 8.04. The van der Waals surface area contributed by atoms with Crippen LogP contribution in [-0.4, -0.2) is 22.4 Å². The van der Waals surface area contributed by atoms with Crippen molar-refractivity contribution < 1.29 is 9.84 Å². The van der Waals surface area contributed by atoms with E-state index in [1.165, 1.54) is 18.5 Å². The average molecular weight is 275 g/mol. The van der Waals surface area contributed by atoms with Gasteiger partial charge in [-0.3, -0.25) is 0 Å². The number of aliphatic hydroxyl groups is 1. The molecule has 3 heteroatoms. The van der Waals surface area contributed by atoms with Gasteiger partial charge in [-0.2, -0.15) is 0 Å². The molecule has 3 aliphatic rings. The van der Waals surface area contributed by atoms with Crippen LogP contribution in [0.1, 0.15) is 62.9 Å². The van der Waals surface area contributed by atoms with Crippen LogP contribution in [0.25, 0.3) is 0 Å².